The molecule has 0 aliphatic carbocycles. The molecule has 1 atom stereocenters. The molecule has 0 aliphatic rings. The van der Waals surface area contributed by atoms with E-state index in [9.17, 15) is 4.39 Å². The summed E-state index contributed by atoms with van der Waals surface area (Å²) in [5, 5.41) is 0.694. The molecule has 0 spiro atoms. The lowest BCUT2D eigenvalue weighted by atomic mass is 10.2. The molecule has 0 amide bonds. The summed E-state index contributed by atoms with van der Waals surface area (Å²) in [6.07, 6.45) is 0.780. The Hall–Kier alpha value is -1.35. The molecule has 0 bridgehead atoms. The normalized spacial score (nSPS) is 13.2. The van der Waals surface area contributed by atoms with Crippen molar-refractivity contribution in [1.82, 2.24) is 4.57 Å². The molecule has 0 saturated carbocycles. The quantitative estimate of drug-likeness (QED) is 0.847. The van der Waals surface area contributed by atoms with E-state index in [1.807, 2.05) is 19.1 Å². The second-order valence-electron chi connectivity index (χ2n) is 4.23. The van der Waals surface area contributed by atoms with E-state index in [2.05, 4.69) is 11.5 Å². The van der Waals surface area contributed by atoms with Gasteiger partial charge in [0.05, 0.1) is 5.52 Å². The van der Waals surface area contributed by atoms with Crippen LogP contribution in [0.2, 0.25) is 0 Å². The second kappa shape index (κ2) is 4.26. The molecule has 86 valence electrons. The van der Waals surface area contributed by atoms with Crippen LogP contribution in [0.15, 0.2) is 24.3 Å². The van der Waals surface area contributed by atoms with Crippen LogP contribution in [0.5, 0.6) is 0 Å². The molecule has 1 unspecified atom stereocenters. The van der Waals surface area contributed by atoms with Crippen LogP contribution in [0.25, 0.3) is 10.9 Å². The van der Waals surface area contributed by atoms with Crippen LogP contribution in [0.1, 0.15) is 19.5 Å². The third-order valence-electron chi connectivity index (χ3n) is 2.83. The lowest BCUT2D eigenvalue weighted by Crippen LogP contribution is -2.19. The number of hydrogen-bond acceptors (Lipinski definition) is 1. The predicted octanol–water partition coefficient (Wildman–Crippen LogP) is 2.69. The van der Waals surface area contributed by atoms with Gasteiger partial charge >= 0.3 is 0 Å². The zero-order chi connectivity index (χ0) is 11.7. The fourth-order valence-electron chi connectivity index (χ4n) is 2.18. The summed E-state index contributed by atoms with van der Waals surface area (Å²) < 4.78 is 15.7. The first kappa shape index (κ1) is 11.1. The third-order valence-corrected chi connectivity index (χ3v) is 2.83. The summed E-state index contributed by atoms with van der Waals surface area (Å²) in [5.74, 6) is -0.157. The Morgan fingerprint density at radius 3 is 2.81 bits per heavy atom. The number of nitrogens with zero attached hydrogens (tertiary/aromatic N) is 1. The van der Waals surface area contributed by atoms with Gasteiger partial charge in [-0.1, -0.05) is 6.07 Å². The molecule has 2 N–H and O–H groups in total. The molecular formula is C13H17FN2. The SMILES string of the molecule is CCn1c(CC(C)N)cc2c(F)cccc21. The number of fused-ring (bicyclic) bond motifs is 1. The fourth-order valence-corrected chi connectivity index (χ4v) is 2.18. The zero-order valence-electron chi connectivity index (χ0n) is 9.70. The summed E-state index contributed by atoms with van der Waals surface area (Å²) >= 11 is 0. The minimum Gasteiger partial charge on any atom is -0.345 e. The van der Waals surface area contributed by atoms with E-state index >= 15 is 0 Å². The number of nitrogens with two attached hydrogens (primary N) is 1. The Bertz CT molecular complexity index is 500. The molecule has 2 rings (SSSR count). The molecule has 0 saturated heterocycles. The lowest BCUT2D eigenvalue weighted by Gasteiger charge is -2.09. The van der Waals surface area contributed by atoms with E-state index in [0.717, 1.165) is 24.2 Å². The van der Waals surface area contributed by atoms with E-state index < -0.39 is 0 Å². The molecule has 0 aliphatic heterocycles. The Morgan fingerprint density at radius 2 is 2.19 bits per heavy atom. The van der Waals surface area contributed by atoms with Crippen LogP contribution in [0.3, 0.4) is 0 Å². The number of halogens is 1. The smallest absolute Gasteiger partial charge is 0.132 e. The van der Waals surface area contributed by atoms with Gasteiger partial charge in [-0.2, -0.15) is 0 Å². The third kappa shape index (κ3) is 1.83. The second-order valence-corrected chi connectivity index (χ2v) is 4.23. The Labute approximate surface area is 94.9 Å². The molecule has 3 heteroatoms. The summed E-state index contributed by atoms with van der Waals surface area (Å²) in [5.41, 5.74) is 7.87. The molecule has 0 fully saturated rings. The number of aromatic nitrogens is 1. The highest BCUT2D eigenvalue weighted by atomic mass is 19.1. The zero-order valence-corrected chi connectivity index (χ0v) is 9.70. The first-order valence-electron chi connectivity index (χ1n) is 5.65. The van der Waals surface area contributed by atoms with Gasteiger partial charge in [-0.25, -0.2) is 4.39 Å². The molecule has 0 radical (unpaired) electrons. The Kier molecular flexibility index (Phi) is 2.97. The molecule has 16 heavy (non-hydrogen) atoms. The van der Waals surface area contributed by atoms with Crippen LogP contribution in [-0.2, 0) is 13.0 Å². The van der Waals surface area contributed by atoms with Crippen LogP contribution >= 0.6 is 0 Å². The highest BCUT2D eigenvalue weighted by Gasteiger charge is 2.11. The Morgan fingerprint density at radius 1 is 1.44 bits per heavy atom. The van der Waals surface area contributed by atoms with Gasteiger partial charge in [0.1, 0.15) is 5.82 Å². The average Bonchev–Trinajstić information content (AvgIpc) is 2.56. The van der Waals surface area contributed by atoms with Gasteiger partial charge in [0.2, 0.25) is 0 Å². The van der Waals surface area contributed by atoms with Crippen molar-refractivity contribution >= 4 is 10.9 Å². The standard InChI is InChI=1S/C13H17FN2/c1-3-16-10(7-9(2)15)8-11-12(14)5-4-6-13(11)16/h4-6,8-9H,3,7,15H2,1-2H3. The molecule has 2 aromatic rings. The van der Waals surface area contributed by atoms with Crippen molar-refractivity contribution in [3.05, 3.63) is 35.8 Å². The monoisotopic (exact) mass is 220 g/mol. The average molecular weight is 220 g/mol. The van der Waals surface area contributed by atoms with Gasteiger partial charge in [0.15, 0.2) is 0 Å². The number of benzene rings is 1. The van der Waals surface area contributed by atoms with Gasteiger partial charge in [-0.15, -0.1) is 0 Å². The lowest BCUT2D eigenvalue weighted by molar-refractivity contribution is 0.639. The van der Waals surface area contributed by atoms with E-state index in [0.29, 0.717) is 5.39 Å². The van der Waals surface area contributed by atoms with E-state index in [4.69, 9.17) is 5.73 Å². The summed E-state index contributed by atoms with van der Waals surface area (Å²) in [6, 6.07) is 7.21. The molecule has 1 aromatic heterocycles. The number of aryl methyl sites for hydroxylation is 1. The maximum atomic E-state index is 13.6. The van der Waals surface area contributed by atoms with Crippen LogP contribution in [-0.4, -0.2) is 10.6 Å². The first-order valence-corrected chi connectivity index (χ1v) is 5.65. The fraction of sp³-hybridized carbons (Fsp3) is 0.385. The highest BCUT2D eigenvalue weighted by molar-refractivity contribution is 5.82. The number of hydrogen-bond donors (Lipinski definition) is 1. The van der Waals surface area contributed by atoms with Crippen molar-refractivity contribution in [1.29, 1.82) is 0 Å². The van der Waals surface area contributed by atoms with Crippen LogP contribution in [0.4, 0.5) is 4.39 Å². The van der Waals surface area contributed by atoms with E-state index in [-0.39, 0.29) is 11.9 Å². The van der Waals surface area contributed by atoms with Gasteiger partial charge in [0, 0.05) is 30.1 Å². The van der Waals surface area contributed by atoms with E-state index in [1.165, 1.54) is 6.07 Å². The van der Waals surface area contributed by atoms with Gasteiger partial charge in [0.25, 0.3) is 0 Å². The topological polar surface area (TPSA) is 30.9 Å². The van der Waals surface area contributed by atoms with Crippen molar-refractivity contribution in [3.63, 3.8) is 0 Å². The largest absolute Gasteiger partial charge is 0.345 e. The van der Waals surface area contributed by atoms with Gasteiger partial charge in [-0.05, 0) is 32.0 Å². The van der Waals surface area contributed by atoms with E-state index in [1.54, 1.807) is 6.07 Å². The van der Waals surface area contributed by atoms with Crippen molar-refractivity contribution in [2.45, 2.75) is 32.9 Å². The Balaban J connectivity index is 2.61. The highest BCUT2D eigenvalue weighted by Crippen LogP contribution is 2.23. The minimum atomic E-state index is -0.157. The van der Waals surface area contributed by atoms with Gasteiger partial charge < -0.3 is 10.3 Å². The van der Waals surface area contributed by atoms with Crippen molar-refractivity contribution in [3.8, 4) is 0 Å². The molecular weight excluding hydrogens is 203 g/mol. The summed E-state index contributed by atoms with van der Waals surface area (Å²) in [6.45, 7) is 4.87. The van der Waals surface area contributed by atoms with Crippen molar-refractivity contribution in [2.75, 3.05) is 0 Å². The maximum absolute atomic E-state index is 13.6. The van der Waals surface area contributed by atoms with Crippen LogP contribution < -0.4 is 5.73 Å². The molecule has 1 heterocycles. The summed E-state index contributed by atoms with van der Waals surface area (Å²) in [4.78, 5) is 0. The predicted molar refractivity (Wildman–Crippen MR) is 64.9 cm³/mol. The van der Waals surface area contributed by atoms with Gasteiger partial charge in [-0.3, -0.25) is 0 Å². The van der Waals surface area contributed by atoms with Crippen LogP contribution in [0, 0.1) is 5.82 Å². The molecule has 1 aromatic carbocycles. The van der Waals surface area contributed by atoms with Crippen molar-refractivity contribution in [2.24, 2.45) is 5.73 Å². The number of rotatable bonds is 3. The van der Waals surface area contributed by atoms with Crippen molar-refractivity contribution < 1.29 is 4.39 Å². The molecule has 2 nitrogen and oxygen atoms in total. The maximum Gasteiger partial charge on any atom is 0.132 e. The summed E-state index contributed by atoms with van der Waals surface area (Å²) in [7, 11) is 0. The minimum absolute atomic E-state index is 0.0951. The first-order chi connectivity index (χ1) is 7.63.